The van der Waals surface area contributed by atoms with Crippen molar-refractivity contribution in [1.29, 1.82) is 0 Å². The number of nitrogens with zero attached hydrogens (tertiary/aromatic N) is 1. The molecular formula is C13H21N3O2. The lowest BCUT2D eigenvalue weighted by Gasteiger charge is -2.39. The van der Waals surface area contributed by atoms with Gasteiger partial charge in [0.25, 0.3) is 0 Å². The highest BCUT2D eigenvalue weighted by Gasteiger charge is 2.39. The van der Waals surface area contributed by atoms with Crippen LogP contribution in [0.25, 0.3) is 0 Å². The Morgan fingerprint density at radius 1 is 1.61 bits per heavy atom. The molecule has 0 aromatic carbocycles. The highest BCUT2D eigenvalue weighted by Crippen LogP contribution is 2.38. The quantitative estimate of drug-likeness (QED) is 0.844. The summed E-state index contributed by atoms with van der Waals surface area (Å²) in [4.78, 5) is 11.9. The Bertz CT molecular complexity index is 416. The van der Waals surface area contributed by atoms with Crippen LogP contribution in [0.15, 0.2) is 6.07 Å². The maximum absolute atomic E-state index is 11.9. The van der Waals surface area contributed by atoms with E-state index in [0.717, 1.165) is 25.0 Å². The molecule has 0 atom stereocenters. The summed E-state index contributed by atoms with van der Waals surface area (Å²) in [6.07, 6.45) is 3.48. The summed E-state index contributed by atoms with van der Waals surface area (Å²) >= 11 is 0. The van der Waals surface area contributed by atoms with Gasteiger partial charge >= 0.3 is 0 Å². The predicted octanol–water partition coefficient (Wildman–Crippen LogP) is 2.43. The van der Waals surface area contributed by atoms with E-state index in [9.17, 15) is 4.79 Å². The van der Waals surface area contributed by atoms with Crippen LogP contribution in [0.4, 0.5) is 5.82 Å². The molecule has 0 radical (unpaired) electrons. The zero-order valence-electron chi connectivity index (χ0n) is 11.2. The lowest BCUT2D eigenvalue weighted by Crippen LogP contribution is -2.42. The number of aromatic amines is 1. The highest BCUT2D eigenvalue weighted by molar-refractivity contribution is 5.90. The topological polar surface area (TPSA) is 67.0 Å². The average molecular weight is 251 g/mol. The minimum atomic E-state index is -0.235. The van der Waals surface area contributed by atoms with E-state index in [1.807, 2.05) is 6.07 Å². The van der Waals surface area contributed by atoms with Crippen molar-refractivity contribution >= 4 is 11.7 Å². The summed E-state index contributed by atoms with van der Waals surface area (Å²) < 4.78 is 5.44. The number of hydrogen-bond acceptors (Lipinski definition) is 3. The van der Waals surface area contributed by atoms with Crippen molar-refractivity contribution in [3.8, 4) is 0 Å². The second kappa shape index (κ2) is 5.10. The monoisotopic (exact) mass is 251 g/mol. The van der Waals surface area contributed by atoms with E-state index < -0.39 is 0 Å². The number of H-pyrrole nitrogens is 1. The number of ether oxygens (including phenoxy) is 1. The minimum absolute atomic E-state index is 0.0293. The van der Waals surface area contributed by atoms with Gasteiger partial charge in [0.15, 0.2) is 5.82 Å². The van der Waals surface area contributed by atoms with Crippen LogP contribution in [0.3, 0.4) is 0 Å². The van der Waals surface area contributed by atoms with Crippen LogP contribution in [0.2, 0.25) is 0 Å². The highest BCUT2D eigenvalue weighted by atomic mass is 16.5. The zero-order chi connectivity index (χ0) is 13.2. The van der Waals surface area contributed by atoms with Gasteiger partial charge in [-0.25, -0.2) is 0 Å². The van der Waals surface area contributed by atoms with Gasteiger partial charge in [-0.3, -0.25) is 9.89 Å². The standard InChI is InChI=1S/C13H21N3O2/c1-9(2)10-7-11(16-15-10)14-12(17)8-13(18-3)5-4-6-13/h7,9H,4-6,8H2,1-3H3,(H2,14,15,16,17). The Balaban J connectivity index is 1.90. The van der Waals surface area contributed by atoms with Crippen molar-refractivity contribution in [3.05, 3.63) is 11.8 Å². The molecule has 0 bridgehead atoms. The smallest absolute Gasteiger partial charge is 0.228 e. The first-order valence-corrected chi connectivity index (χ1v) is 6.45. The van der Waals surface area contributed by atoms with Gasteiger partial charge in [0.1, 0.15) is 0 Å². The molecule has 5 nitrogen and oxygen atoms in total. The second-order valence-corrected chi connectivity index (χ2v) is 5.33. The van der Waals surface area contributed by atoms with E-state index >= 15 is 0 Å². The Kier molecular flexibility index (Phi) is 3.71. The van der Waals surface area contributed by atoms with E-state index in [-0.39, 0.29) is 11.5 Å². The van der Waals surface area contributed by atoms with Crippen molar-refractivity contribution < 1.29 is 9.53 Å². The van der Waals surface area contributed by atoms with Crippen LogP contribution in [0, 0.1) is 0 Å². The van der Waals surface area contributed by atoms with Gasteiger partial charge < -0.3 is 10.1 Å². The number of nitrogens with one attached hydrogen (secondary N) is 2. The van der Waals surface area contributed by atoms with Crippen molar-refractivity contribution in [1.82, 2.24) is 10.2 Å². The zero-order valence-corrected chi connectivity index (χ0v) is 11.2. The molecule has 2 rings (SSSR count). The third-order valence-electron chi connectivity index (χ3n) is 3.67. The average Bonchev–Trinajstić information content (AvgIpc) is 2.72. The van der Waals surface area contributed by atoms with Gasteiger partial charge in [-0.15, -0.1) is 0 Å². The van der Waals surface area contributed by atoms with Gasteiger partial charge in [-0.1, -0.05) is 13.8 Å². The molecule has 2 N–H and O–H groups in total. The molecule has 1 fully saturated rings. The summed E-state index contributed by atoms with van der Waals surface area (Å²) in [6.45, 7) is 4.15. The molecule has 1 aromatic rings. The third-order valence-corrected chi connectivity index (χ3v) is 3.67. The van der Waals surface area contributed by atoms with Crippen LogP contribution < -0.4 is 5.32 Å². The first kappa shape index (κ1) is 13.1. The van der Waals surface area contributed by atoms with Crippen LogP contribution in [-0.4, -0.2) is 28.8 Å². The number of amides is 1. The lowest BCUT2D eigenvalue weighted by molar-refractivity contribution is -0.129. The Labute approximate surface area is 107 Å². The molecular weight excluding hydrogens is 230 g/mol. The first-order valence-electron chi connectivity index (χ1n) is 6.45. The number of anilines is 1. The molecule has 0 aliphatic heterocycles. The van der Waals surface area contributed by atoms with Crippen LogP contribution in [0.1, 0.15) is 51.1 Å². The lowest BCUT2D eigenvalue weighted by atomic mass is 9.77. The molecule has 1 aromatic heterocycles. The number of methoxy groups -OCH3 is 1. The Hall–Kier alpha value is -1.36. The number of aromatic nitrogens is 2. The molecule has 0 spiro atoms. The number of hydrogen-bond donors (Lipinski definition) is 2. The largest absolute Gasteiger partial charge is 0.378 e. The molecule has 0 unspecified atom stereocenters. The summed E-state index contributed by atoms with van der Waals surface area (Å²) in [5, 5.41) is 9.81. The van der Waals surface area contributed by atoms with Gasteiger partial charge in [0.05, 0.1) is 12.0 Å². The fraction of sp³-hybridized carbons (Fsp3) is 0.692. The maximum atomic E-state index is 11.9. The molecule has 1 saturated carbocycles. The van der Waals surface area contributed by atoms with Gasteiger partial charge in [0.2, 0.25) is 5.91 Å². The second-order valence-electron chi connectivity index (χ2n) is 5.33. The fourth-order valence-electron chi connectivity index (χ4n) is 2.20. The minimum Gasteiger partial charge on any atom is -0.378 e. The molecule has 1 amide bonds. The third kappa shape index (κ3) is 2.72. The molecule has 18 heavy (non-hydrogen) atoms. The summed E-state index contributed by atoms with van der Waals surface area (Å²) in [5.74, 6) is 0.938. The van der Waals surface area contributed by atoms with E-state index in [1.165, 1.54) is 0 Å². The molecule has 100 valence electrons. The van der Waals surface area contributed by atoms with Crippen LogP contribution >= 0.6 is 0 Å². The predicted molar refractivity (Wildman–Crippen MR) is 69.5 cm³/mol. The summed E-state index contributed by atoms with van der Waals surface area (Å²) in [6, 6.07) is 1.88. The van der Waals surface area contributed by atoms with E-state index in [2.05, 4.69) is 29.4 Å². The summed E-state index contributed by atoms with van der Waals surface area (Å²) in [5.41, 5.74) is 0.789. The number of carbonyl (C=O) groups is 1. The van der Waals surface area contributed by atoms with E-state index in [1.54, 1.807) is 7.11 Å². The number of rotatable bonds is 5. The van der Waals surface area contributed by atoms with E-state index in [0.29, 0.717) is 18.2 Å². The Morgan fingerprint density at radius 2 is 2.33 bits per heavy atom. The normalized spacial score (nSPS) is 17.6. The van der Waals surface area contributed by atoms with Crippen molar-refractivity contribution in [2.24, 2.45) is 0 Å². The van der Waals surface area contributed by atoms with Crippen molar-refractivity contribution in [3.63, 3.8) is 0 Å². The molecule has 5 heteroatoms. The molecule has 1 aliphatic rings. The maximum Gasteiger partial charge on any atom is 0.228 e. The van der Waals surface area contributed by atoms with Gasteiger partial charge in [0, 0.05) is 18.9 Å². The molecule has 0 saturated heterocycles. The van der Waals surface area contributed by atoms with Crippen molar-refractivity contribution in [2.75, 3.05) is 12.4 Å². The SMILES string of the molecule is COC1(CC(=O)Nc2cc(C(C)C)[nH]n2)CCC1. The van der Waals surface area contributed by atoms with E-state index in [4.69, 9.17) is 4.74 Å². The summed E-state index contributed by atoms with van der Waals surface area (Å²) in [7, 11) is 1.68. The first-order chi connectivity index (χ1) is 8.54. The molecule has 1 aliphatic carbocycles. The number of carbonyl (C=O) groups excluding carboxylic acids is 1. The molecule has 1 heterocycles. The van der Waals surface area contributed by atoms with Gasteiger partial charge in [-0.2, -0.15) is 5.10 Å². The van der Waals surface area contributed by atoms with Crippen molar-refractivity contribution in [2.45, 2.75) is 51.0 Å². The van der Waals surface area contributed by atoms with Crippen LogP contribution in [0.5, 0.6) is 0 Å². The van der Waals surface area contributed by atoms with Gasteiger partial charge in [-0.05, 0) is 25.2 Å². The van der Waals surface area contributed by atoms with Crippen LogP contribution in [-0.2, 0) is 9.53 Å². The Morgan fingerprint density at radius 3 is 2.78 bits per heavy atom. The fourth-order valence-corrected chi connectivity index (χ4v) is 2.20.